The van der Waals surface area contributed by atoms with Crippen molar-refractivity contribution >= 4 is 0 Å². The van der Waals surface area contributed by atoms with Crippen LogP contribution in [0.25, 0.3) is 0 Å². The Morgan fingerprint density at radius 2 is 1.59 bits per heavy atom. The molecule has 1 fully saturated rings. The van der Waals surface area contributed by atoms with Crippen LogP contribution in [0.5, 0.6) is 0 Å². The fourth-order valence-electron chi connectivity index (χ4n) is 3.62. The van der Waals surface area contributed by atoms with Crippen LogP contribution in [0.3, 0.4) is 0 Å². The van der Waals surface area contributed by atoms with Crippen LogP contribution in [0.4, 0.5) is 0 Å². The molecule has 2 atom stereocenters. The van der Waals surface area contributed by atoms with E-state index in [0.29, 0.717) is 11.3 Å². The van der Waals surface area contributed by atoms with E-state index in [0.717, 1.165) is 17.8 Å². The second kappa shape index (κ2) is 6.25. The topological polar surface area (TPSA) is 0 Å². The van der Waals surface area contributed by atoms with Crippen LogP contribution in [0.1, 0.15) is 73.1 Å². The molecule has 1 aliphatic carbocycles. The van der Waals surface area contributed by atoms with Crippen molar-refractivity contribution in [1.82, 2.24) is 0 Å². The number of hydrogen-bond donors (Lipinski definition) is 0. The molecule has 0 N–H and O–H groups in total. The lowest BCUT2D eigenvalue weighted by Gasteiger charge is -2.37. The Hall–Kier alpha value is 0. The highest BCUT2D eigenvalue weighted by Crippen LogP contribution is 2.41. The van der Waals surface area contributed by atoms with Gasteiger partial charge in [-0.2, -0.15) is 0 Å². The molecule has 0 heterocycles. The summed E-state index contributed by atoms with van der Waals surface area (Å²) in [6, 6.07) is 0. The van der Waals surface area contributed by atoms with Gasteiger partial charge in [0, 0.05) is 0 Å². The molecule has 1 aliphatic rings. The Balaban J connectivity index is 2.28. The molecule has 2 unspecified atom stereocenters. The average Bonchev–Trinajstić information content (AvgIpc) is 2.15. The summed E-state index contributed by atoms with van der Waals surface area (Å²) in [5.41, 5.74) is 0.526. The van der Waals surface area contributed by atoms with Crippen molar-refractivity contribution in [3.8, 4) is 0 Å². The van der Waals surface area contributed by atoms with Crippen molar-refractivity contribution in [3.63, 3.8) is 0 Å². The van der Waals surface area contributed by atoms with Crippen LogP contribution in [-0.2, 0) is 0 Å². The fourth-order valence-corrected chi connectivity index (χ4v) is 3.62. The maximum Gasteiger partial charge on any atom is -0.0354 e. The average molecular weight is 237 g/mol. The molecule has 0 nitrogen and oxygen atoms in total. The molecule has 0 saturated heterocycles. The van der Waals surface area contributed by atoms with Crippen LogP contribution in [-0.4, -0.2) is 0 Å². The summed E-state index contributed by atoms with van der Waals surface area (Å²) < 4.78 is 0. The third-order valence-corrected chi connectivity index (χ3v) is 4.61. The highest BCUT2D eigenvalue weighted by Gasteiger charge is 2.30. The Kier molecular flexibility index (Phi) is 5.54. The Morgan fingerprint density at radius 1 is 1.06 bits per heavy atom. The van der Waals surface area contributed by atoms with Crippen molar-refractivity contribution in [2.45, 2.75) is 73.1 Å². The van der Waals surface area contributed by atoms with Crippen molar-refractivity contribution < 1.29 is 0 Å². The fraction of sp³-hybridized carbons (Fsp3) is 0.941. The molecule has 0 spiro atoms. The minimum Gasteiger partial charge on any atom is -0.0625 e. The molecule has 0 aliphatic heterocycles. The van der Waals surface area contributed by atoms with E-state index in [4.69, 9.17) is 0 Å². The number of rotatable bonds is 4. The lowest BCUT2D eigenvalue weighted by molar-refractivity contribution is 0.138. The van der Waals surface area contributed by atoms with Gasteiger partial charge in [0.25, 0.3) is 0 Å². The van der Waals surface area contributed by atoms with Gasteiger partial charge in [-0.15, -0.1) is 0 Å². The second-order valence-corrected chi connectivity index (χ2v) is 7.77. The summed E-state index contributed by atoms with van der Waals surface area (Å²) in [6.07, 6.45) is 8.60. The molecule has 101 valence electrons. The minimum atomic E-state index is 0.526. The lowest BCUT2D eigenvalue weighted by Crippen LogP contribution is -2.26. The lowest BCUT2D eigenvalue weighted by atomic mass is 9.68. The van der Waals surface area contributed by atoms with Gasteiger partial charge in [0.05, 0.1) is 0 Å². The standard InChI is InChI=1S/C17H33/c1-13(2)11-14(3)12-15-7-9-16(10-8-15)17(4,5)6/h13-16H,1,7-12H2,2-6H3. The first-order valence-electron chi connectivity index (χ1n) is 7.62. The molecule has 0 amide bonds. The molecule has 0 bridgehead atoms. The zero-order chi connectivity index (χ0) is 13.1. The number of hydrogen-bond acceptors (Lipinski definition) is 0. The highest BCUT2D eigenvalue weighted by atomic mass is 14.4. The molecule has 0 aromatic rings. The monoisotopic (exact) mass is 237 g/mol. The molecule has 0 aromatic heterocycles. The first-order chi connectivity index (χ1) is 7.79. The molecule has 1 saturated carbocycles. The Bertz CT molecular complexity index is 201. The molecule has 17 heavy (non-hydrogen) atoms. The van der Waals surface area contributed by atoms with Gasteiger partial charge in [-0.1, -0.05) is 54.4 Å². The molecule has 1 rings (SSSR count). The zero-order valence-electron chi connectivity index (χ0n) is 12.8. The summed E-state index contributed by atoms with van der Waals surface area (Å²) >= 11 is 0. The van der Waals surface area contributed by atoms with E-state index in [1.165, 1.54) is 38.5 Å². The highest BCUT2D eigenvalue weighted by molar-refractivity contribution is 4.81. The van der Waals surface area contributed by atoms with E-state index in [-0.39, 0.29) is 0 Å². The summed E-state index contributed by atoms with van der Waals surface area (Å²) in [5.74, 6) is 3.46. The first kappa shape index (κ1) is 15.1. The minimum absolute atomic E-state index is 0.526. The Morgan fingerprint density at radius 3 is 2.00 bits per heavy atom. The van der Waals surface area contributed by atoms with Crippen molar-refractivity contribution in [1.29, 1.82) is 0 Å². The largest absolute Gasteiger partial charge is 0.0625 e. The van der Waals surface area contributed by atoms with Crippen molar-refractivity contribution in [2.75, 3.05) is 0 Å². The van der Waals surface area contributed by atoms with Crippen LogP contribution in [0, 0.1) is 36.0 Å². The van der Waals surface area contributed by atoms with Gasteiger partial charge in [-0.05, 0) is 54.8 Å². The summed E-state index contributed by atoms with van der Waals surface area (Å²) in [5, 5.41) is 0. The summed E-state index contributed by atoms with van der Waals surface area (Å²) in [6.45, 7) is 16.0. The quantitative estimate of drug-likeness (QED) is 0.586. The first-order valence-corrected chi connectivity index (χ1v) is 7.62. The van der Waals surface area contributed by atoms with Crippen LogP contribution >= 0.6 is 0 Å². The van der Waals surface area contributed by atoms with E-state index >= 15 is 0 Å². The van der Waals surface area contributed by atoms with E-state index in [1.807, 2.05) is 0 Å². The summed E-state index contributed by atoms with van der Waals surface area (Å²) in [7, 11) is 0. The van der Waals surface area contributed by atoms with Gasteiger partial charge in [0.2, 0.25) is 0 Å². The van der Waals surface area contributed by atoms with Gasteiger partial charge in [0.1, 0.15) is 0 Å². The van der Waals surface area contributed by atoms with Gasteiger partial charge >= 0.3 is 0 Å². The molecule has 1 radical (unpaired) electrons. The SMILES string of the molecule is [CH2]C(C)CC(C)CC1CCC(C(C)(C)C)CC1. The molecule has 0 heteroatoms. The smallest absolute Gasteiger partial charge is 0.0354 e. The third kappa shape index (κ3) is 5.44. The van der Waals surface area contributed by atoms with Crippen molar-refractivity contribution in [2.24, 2.45) is 29.1 Å². The predicted octanol–water partition coefficient (Wildman–Crippen LogP) is 5.73. The Labute approximate surface area is 110 Å². The van der Waals surface area contributed by atoms with Crippen LogP contribution in [0.15, 0.2) is 0 Å². The molecular weight excluding hydrogens is 204 g/mol. The maximum absolute atomic E-state index is 4.12. The second-order valence-electron chi connectivity index (χ2n) is 7.77. The maximum atomic E-state index is 4.12. The van der Waals surface area contributed by atoms with Crippen LogP contribution < -0.4 is 0 Å². The van der Waals surface area contributed by atoms with E-state index < -0.39 is 0 Å². The van der Waals surface area contributed by atoms with Gasteiger partial charge in [-0.3, -0.25) is 0 Å². The normalized spacial score (nSPS) is 28.4. The zero-order valence-corrected chi connectivity index (χ0v) is 12.8. The van der Waals surface area contributed by atoms with Crippen molar-refractivity contribution in [3.05, 3.63) is 6.92 Å². The van der Waals surface area contributed by atoms with Gasteiger partial charge < -0.3 is 0 Å². The van der Waals surface area contributed by atoms with E-state index in [2.05, 4.69) is 41.5 Å². The molecule has 0 aromatic carbocycles. The van der Waals surface area contributed by atoms with Gasteiger partial charge in [-0.25, -0.2) is 0 Å². The van der Waals surface area contributed by atoms with Crippen LogP contribution in [0.2, 0.25) is 0 Å². The van der Waals surface area contributed by atoms with E-state index in [9.17, 15) is 0 Å². The summed E-state index contributed by atoms with van der Waals surface area (Å²) in [4.78, 5) is 0. The van der Waals surface area contributed by atoms with E-state index in [1.54, 1.807) is 0 Å². The van der Waals surface area contributed by atoms with Gasteiger partial charge in [0.15, 0.2) is 0 Å². The third-order valence-electron chi connectivity index (χ3n) is 4.61. The predicted molar refractivity (Wildman–Crippen MR) is 77.8 cm³/mol. The molecular formula is C17H33.